The van der Waals surface area contributed by atoms with Crippen LogP contribution in [0.15, 0.2) is 60.7 Å². The molecule has 0 saturated carbocycles. The molecule has 2 aromatic rings. The van der Waals surface area contributed by atoms with Gasteiger partial charge >= 0.3 is 110 Å². The first-order valence-corrected chi connectivity index (χ1v) is 11.3. The van der Waals surface area contributed by atoms with Gasteiger partial charge in [-0.1, -0.05) is 0 Å². The van der Waals surface area contributed by atoms with Gasteiger partial charge in [-0.2, -0.15) is 0 Å². The summed E-state index contributed by atoms with van der Waals surface area (Å²) in [5, 5.41) is 0. The quantitative estimate of drug-likeness (QED) is 0.777. The zero-order valence-corrected chi connectivity index (χ0v) is 12.9. The Morgan fingerprint density at radius 3 is 1.35 bits per heavy atom. The van der Waals surface area contributed by atoms with E-state index in [1.54, 1.807) is 0 Å². The molecule has 0 amide bonds. The van der Waals surface area contributed by atoms with Crippen LogP contribution < -0.4 is 8.70 Å². The fourth-order valence-electron chi connectivity index (χ4n) is 1.47. The van der Waals surface area contributed by atoms with Crippen molar-refractivity contribution in [3.8, 4) is 0 Å². The molecular formula is C13H12As2O2. The zero-order chi connectivity index (χ0) is 12.1. The van der Waals surface area contributed by atoms with Crippen LogP contribution in [-0.2, 0) is 7.48 Å². The van der Waals surface area contributed by atoms with Crippen LogP contribution in [0.1, 0.15) is 0 Å². The van der Waals surface area contributed by atoms with Crippen molar-refractivity contribution < 1.29 is 7.48 Å². The van der Waals surface area contributed by atoms with E-state index in [0.29, 0.717) is 4.00 Å². The molecule has 0 fully saturated rings. The van der Waals surface area contributed by atoms with E-state index < -0.39 is 29.2 Å². The first kappa shape index (κ1) is 12.6. The maximum absolute atomic E-state index is 12.1. The van der Waals surface area contributed by atoms with E-state index in [9.17, 15) is 7.48 Å². The molecule has 86 valence electrons. The van der Waals surface area contributed by atoms with Crippen molar-refractivity contribution in [2.45, 2.75) is 4.00 Å². The second-order valence-corrected chi connectivity index (χ2v) is 12.6. The third-order valence-corrected chi connectivity index (χ3v) is 12.7. The summed E-state index contributed by atoms with van der Waals surface area (Å²) in [5.41, 5.74) is 0. The van der Waals surface area contributed by atoms with Crippen molar-refractivity contribution in [2.24, 2.45) is 0 Å². The maximum atomic E-state index is 12.1. The predicted octanol–water partition coefficient (Wildman–Crippen LogP) is 1.18. The minimum absolute atomic E-state index is 0.383. The van der Waals surface area contributed by atoms with Crippen molar-refractivity contribution in [2.75, 3.05) is 0 Å². The Hall–Kier alpha value is -0.843. The number of rotatable bonds is 4. The Morgan fingerprint density at radius 1 is 0.647 bits per heavy atom. The van der Waals surface area contributed by atoms with E-state index in [4.69, 9.17) is 0 Å². The summed E-state index contributed by atoms with van der Waals surface area (Å²) < 4.78 is 26.3. The van der Waals surface area contributed by atoms with Gasteiger partial charge in [-0.3, -0.25) is 0 Å². The summed E-state index contributed by atoms with van der Waals surface area (Å²) in [6, 6.07) is 18.7. The van der Waals surface area contributed by atoms with Gasteiger partial charge in [-0.15, -0.1) is 0 Å². The molecule has 0 N–H and O–H groups in total. The molecule has 2 atom stereocenters. The van der Waals surface area contributed by atoms with Crippen LogP contribution in [0.5, 0.6) is 0 Å². The summed E-state index contributed by atoms with van der Waals surface area (Å²) in [5.74, 6) is 0. The van der Waals surface area contributed by atoms with E-state index in [1.165, 1.54) is 0 Å². The van der Waals surface area contributed by atoms with E-state index in [-0.39, 0.29) is 0 Å². The molecule has 0 aromatic heterocycles. The molecule has 0 spiro atoms. The van der Waals surface area contributed by atoms with E-state index in [0.717, 1.165) is 8.70 Å². The number of hydrogen-bond acceptors (Lipinski definition) is 2. The molecule has 0 saturated heterocycles. The zero-order valence-electron chi connectivity index (χ0n) is 9.19. The van der Waals surface area contributed by atoms with Crippen molar-refractivity contribution in [1.82, 2.24) is 0 Å². The normalized spacial score (nSPS) is 12.0. The van der Waals surface area contributed by atoms with Crippen LogP contribution in [0.25, 0.3) is 0 Å². The molecule has 0 heterocycles. The SMILES string of the molecule is O=[As](C[As](=O)c1ccccc1)c1ccccc1. The van der Waals surface area contributed by atoms with Gasteiger partial charge in [0.05, 0.1) is 0 Å². The van der Waals surface area contributed by atoms with Crippen LogP contribution >= 0.6 is 0 Å². The molecule has 2 nitrogen and oxygen atoms in total. The Bertz CT molecular complexity index is 474. The average molecular weight is 350 g/mol. The van der Waals surface area contributed by atoms with Crippen LogP contribution in [0, 0.1) is 0 Å². The van der Waals surface area contributed by atoms with Gasteiger partial charge in [0.2, 0.25) is 0 Å². The Labute approximate surface area is 110 Å². The van der Waals surface area contributed by atoms with Gasteiger partial charge in [-0.25, -0.2) is 0 Å². The summed E-state index contributed by atoms with van der Waals surface area (Å²) in [6.07, 6.45) is 0. The summed E-state index contributed by atoms with van der Waals surface area (Å²) in [4.78, 5) is 0. The van der Waals surface area contributed by atoms with Gasteiger partial charge in [-0.05, 0) is 0 Å². The van der Waals surface area contributed by atoms with Gasteiger partial charge in [0.15, 0.2) is 0 Å². The first-order valence-electron chi connectivity index (χ1n) is 5.27. The molecule has 0 aliphatic rings. The summed E-state index contributed by atoms with van der Waals surface area (Å²) in [7, 11) is 0. The van der Waals surface area contributed by atoms with E-state index in [1.807, 2.05) is 60.7 Å². The molecule has 2 unspecified atom stereocenters. The summed E-state index contributed by atoms with van der Waals surface area (Å²) >= 11 is -4.71. The van der Waals surface area contributed by atoms with Gasteiger partial charge in [0, 0.05) is 0 Å². The van der Waals surface area contributed by atoms with Crippen LogP contribution in [0.2, 0.25) is 4.00 Å². The Kier molecular flexibility index (Phi) is 4.59. The Balaban J connectivity index is 2.08. The van der Waals surface area contributed by atoms with Gasteiger partial charge in [0.25, 0.3) is 0 Å². The standard InChI is InChI=1S/C13H12As2O2/c16-14(12-7-3-1-4-8-12)11-15(17)13-9-5-2-6-10-13/h1-10H,11H2. The van der Waals surface area contributed by atoms with E-state index in [2.05, 4.69) is 0 Å². The van der Waals surface area contributed by atoms with Crippen molar-refractivity contribution in [1.29, 1.82) is 0 Å². The second kappa shape index (κ2) is 6.19. The first-order chi connectivity index (χ1) is 8.27. The fraction of sp³-hybridized carbons (Fsp3) is 0.0769. The molecule has 0 aliphatic carbocycles. The predicted molar refractivity (Wildman–Crippen MR) is 69.8 cm³/mol. The average Bonchev–Trinajstić information content (AvgIpc) is 2.40. The van der Waals surface area contributed by atoms with Gasteiger partial charge in [0.1, 0.15) is 0 Å². The molecule has 2 aromatic carbocycles. The fourth-order valence-corrected chi connectivity index (χ4v) is 10.9. The topological polar surface area (TPSA) is 34.1 Å². The Morgan fingerprint density at radius 2 is 1.00 bits per heavy atom. The molecular weight excluding hydrogens is 338 g/mol. The minimum atomic E-state index is -2.36. The molecule has 4 heteroatoms. The third-order valence-electron chi connectivity index (χ3n) is 2.35. The molecule has 0 bridgehead atoms. The van der Waals surface area contributed by atoms with Gasteiger partial charge < -0.3 is 0 Å². The second-order valence-electron chi connectivity index (χ2n) is 3.57. The van der Waals surface area contributed by atoms with Crippen molar-refractivity contribution in [3.05, 3.63) is 60.7 Å². The van der Waals surface area contributed by atoms with E-state index >= 15 is 0 Å². The summed E-state index contributed by atoms with van der Waals surface area (Å²) in [6.45, 7) is 0. The molecule has 0 aliphatic heterocycles. The molecule has 17 heavy (non-hydrogen) atoms. The van der Waals surface area contributed by atoms with Crippen molar-refractivity contribution >= 4 is 37.9 Å². The third kappa shape index (κ3) is 3.56. The van der Waals surface area contributed by atoms with Crippen LogP contribution in [0.4, 0.5) is 0 Å². The monoisotopic (exact) mass is 350 g/mol. The number of benzene rings is 2. The van der Waals surface area contributed by atoms with Crippen LogP contribution in [-0.4, -0.2) is 29.2 Å². The van der Waals surface area contributed by atoms with Crippen molar-refractivity contribution in [3.63, 3.8) is 0 Å². The number of hydrogen-bond donors (Lipinski definition) is 0. The molecule has 2 radical (unpaired) electrons. The van der Waals surface area contributed by atoms with Crippen LogP contribution in [0.3, 0.4) is 0 Å². The molecule has 2 rings (SSSR count).